The van der Waals surface area contributed by atoms with Crippen LogP contribution in [0.15, 0.2) is 0 Å². The van der Waals surface area contributed by atoms with Gasteiger partial charge in [-0.1, -0.05) is 20.8 Å². The molecule has 0 amide bonds. The summed E-state index contributed by atoms with van der Waals surface area (Å²) in [5, 5.41) is 10.1. The van der Waals surface area contributed by atoms with Crippen LogP contribution in [0.25, 0.3) is 0 Å². The Balaban J connectivity index is 2.53. The fraction of sp³-hybridized carbons (Fsp3) is 1.00. The van der Waals surface area contributed by atoms with Crippen LogP contribution in [-0.4, -0.2) is 68.7 Å². The molecule has 0 aromatic carbocycles. The smallest absolute Gasteiger partial charge is 0.212 e. The van der Waals surface area contributed by atoms with Crippen molar-refractivity contribution >= 4 is 10.0 Å². The van der Waals surface area contributed by atoms with Crippen LogP contribution in [-0.2, 0) is 14.8 Å². The minimum absolute atomic E-state index is 0.0803. The van der Waals surface area contributed by atoms with Crippen LogP contribution < -0.4 is 4.72 Å². The summed E-state index contributed by atoms with van der Waals surface area (Å²) in [7, 11) is -3.31. The molecule has 1 aliphatic rings. The van der Waals surface area contributed by atoms with E-state index in [0.29, 0.717) is 13.0 Å². The molecule has 0 spiro atoms. The Morgan fingerprint density at radius 1 is 1.32 bits per heavy atom. The van der Waals surface area contributed by atoms with E-state index in [-0.39, 0.29) is 18.5 Å². The number of nitrogens with one attached hydrogen (secondary N) is 1. The van der Waals surface area contributed by atoms with Gasteiger partial charge in [-0.05, 0) is 19.5 Å². The normalized spacial score (nSPS) is 28.2. The molecule has 0 saturated carbocycles. The second-order valence-corrected chi connectivity index (χ2v) is 6.76. The molecule has 19 heavy (non-hydrogen) atoms. The highest BCUT2D eigenvalue weighted by molar-refractivity contribution is 7.89. The van der Waals surface area contributed by atoms with Crippen molar-refractivity contribution in [3.05, 3.63) is 0 Å². The van der Waals surface area contributed by atoms with E-state index in [2.05, 4.69) is 9.62 Å². The summed E-state index contributed by atoms with van der Waals surface area (Å²) in [5.41, 5.74) is 0. The third-order valence-corrected chi connectivity index (χ3v) is 5.03. The summed E-state index contributed by atoms with van der Waals surface area (Å²) in [6.45, 7) is 8.53. The van der Waals surface area contributed by atoms with Gasteiger partial charge < -0.3 is 14.7 Å². The second-order valence-electron chi connectivity index (χ2n) is 4.89. The largest absolute Gasteiger partial charge is 0.389 e. The van der Waals surface area contributed by atoms with E-state index in [1.165, 1.54) is 0 Å². The number of ether oxygens (including phenoxy) is 1. The maximum Gasteiger partial charge on any atom is 0.212 e. The minimum Gasteiger partial charge on any atom is -0.389 e. The minimum atomic E-state index is -3.31. The first-order valence-corrected chi connectivity index (χ1v) is 8.60. The van der Waals surface area contributed by atoms with Crippen LogP contribution in [0.1, 0.15) is 27.2 Å². The van der Waals surface area contributed by atoms with E-state index in [9.17, 15) is 13.5 Å². The zero-order valence-electron chi connectivity index (χ0n) is 12.0. The molecular weight excluding hydrogens is 268 g/mol. The van der Waals surface area contributed by atoms with Crippen molar-refractivity contribution in [3.63, 3.8) is 0 Å². The lowest BCUT2D eigenvalue weighted by Crippen LogP contribution is -2.47. The highest BCUT2D eigenvalue weighted by Crippen LogP contribution is 2.16. The van der Waals surface area contributed by atoms with Crippen LogP contribution >= 0.6 is 0 Å². The molecule has 0 aromatic heterocycles. The van der Waals surface area contributed by atoms with Crippen molar-refractivity contribution < 1.29 is 18.3 Å². The van der Waals surface area contributed by atoms with Crippen LogP contribution in [0, 0.1) is 0 Å². The van der Waals surface area contributed by atoms with Gasteiger partial charge in [-0.25, -0.2) is 13.1 Å². The van der Waals surface area contributed by atoms with Crippen molar-refractivity contribution in [2.75, 3.05) is 32.0 Å². The van der Waals surface area contributed by atoms with E-state index in [0.717, 1.165) is 13.1 Å². The SMILES string of the molecule is CCCS(=O)(=O)NC1COC(CN(CC)CC)C1O. The summed E-state index contributed by atoms with van der Waals surface area (Å²) >= 11 is 0. The molecule has 1 rings (SSSR count). The fourth-order valence-corrected chi connectivity index (χ4v) is 3.57. The molecule has 1 heterocycles. The number of sulfonamides is 1. The van der Waals surface area contributed by atoms with Gasteiger partial charge >= 0.3 is 0 Å². The topological polar surface area (TPSA) is 78.9 Å². The van der Waals surface area contributed by atoms with Gasteiger partial charge in [0.25, 0.3) is 0 Å². The first-order chi connectivity index (χ1) is 8.93. The number of hydrogen-bond donors (Lipinski definition) is 2. The number of likely N-dealkylation sites (N-methyl/N-ethyl adjacent to an activating group) is 1. The average molecular weight is 294 g/mol. The second kappa shape index (κ2) is 7.54. The van der Waals surface area contributed by atoms with Gasteiger partial charge in [0.2, 0.25) is 10.0 Å². The monoisotopic (exact) mass is 294 g/mol. The number of hydrogen-bond acceptors (Lipinski definition) is 5. The van der Waals surface area contributed by atoms with Gasteiger partial charge in [0.05, 0.1) is 30.6 Å². The van der Waals surface area contributed by atoms with E-state index in [1.807, 2.05) is 20.8 Å². The summed E-state index contributed by atoms with van der Waals surface area (Å²) < 4.78 is 31.4. The number of aliphatic hydroxyl groups is 1. The van der Waals surface area contributed by atoms with Crippen LogP contribution in [0.5, 0.6) is 0 Å². The molecular formula is C12H26N2O4S. The molecule has 0 radical (unpaired) electrons. The summed E-state index contributed by atoms with van der Waals surface area (Å²) in [4.78, 5) is 2.15. The molecule has 1 aliphatic heterocycles. The van der Waals surface area contributed by atoms with Crippen molar-refractivity contribution in [2.45, 2.75) is 45.4 Å². The molecule has 114 valence electrons. The molecule has 1 fully saturated rings. The lowest BCUT2D eigenvalue weighted by atomic mass is 10.1. The van der Waals surface area contributed by atoms with Crippen LogP contribution in [0.2, 0.25) is 0 Å². The Kier molecular flexibility index (Phi) is 6.68. The van der Waals surface area contributed by atoms with Crippen molar-refractivity contribution in [3.8, 4) is 0 Å². The Morgan fingerprint density at radius 3 is 2.47 bits per heavy atom. The zero-order valence-corrected chi connectivity index (χ0v) is 12.8. The Labute approximate surface area is 116 Å². The maximum absolute atomic E-state index is 11.7. The van der Waals surface area contributed by atoms with Crippen molar-refractivity contribution in [1.29, 1.82) is 0 Å². The Hall–Kier alpha value is -0.210. The number of rotatable bonds is 8. The first-order valence-electron chi connectivity index (χ1n) is 6.95. The predicted octanol–water partition coefficient (Wildman–Crippen LogP) is -0.214. The van der Waals surface area contributed by atoms with Gasteiger partial charge in [0.15, 0.2) is 0 Å². The van der Waals surface area contributed by atoms with Gasteiger partial charge in [-0.2, -0.15) is 0 Å². The molecule has 3 atom stereocenters. The third-order valence-electron chi connectivity index (χ3n) is 3.42. The Morgan fingerprint density at radius 2 is 1.95 bits per heavy atom. The Bertz CT molecular complexity index is 357. The van der Waals surface area contributed by atoms with Gasteiger partial charge in [-0.15, -0.1) is 0 Å². The molecule has 3 unspecified atom stereocenters. The van der Waals surface area contributed by atoms with E-state index >= 15 is 0 Å². The van der Waals surface area contributed by atoms with E-state index < -0.39 is 22.2 Å². The zero-order chi connectivity index (χ0) is 14.5. The molecule has 2 N–H and O–H groups in total. The first kappa shape index (κ1) is 16.8. The number of aliphatic hydroxyl groups excluding tert-OH is 1. The van der Waals surface area contributed by atoms with Crippen LogP contribution in [0.3, 0.4) is 0 Å². The molecule has 0 aromatic rings. The average Bonchev–Trinajstić information content (AvgIpc) is 2.67. The number of nitrogens with zero attached hydrogens (tertiary/aromatic N) is 1. The van der Waals surface area contributed by atoms with Crippen molar-refractivity contribution in [2.24, 2.45) is 0 Å². The lowest BCUT2D eigenvalue weighted by Gasteiger charge is -2.24. The molecule has 1 saturated heterocycles. The van der Waals surface area contributed by atoms with Gasteiger partial charge in [-0.3, -0.25) is 0 Å². The lowest BCUT2D eigenvalue weighted by molar-refractivity contribution is 0.0175. The predicted molar refractivity (Wildman–Crippen MR) is 74.5 cm³/mol. The standard InChI is InChI=1S/C12H26N2O4S/c1-4-7-19(16,17)13-10-9-18-11(12(10)15)8-14(5-2)6-3/h10-13,15H,4-9H2,1-3H3. The molecule has 6 nitrogen and oxygen atoms in total. The van der Waals surface area contributed by atoms with Gasteiger partial charge in [0, 0.05) is 6.54 Å². The summed E-state index contributed by atoms with van der Waals surface area (Å²) in [6, 6.07) is -0.530. The molecule has 0 aliphatic carbocycles. The third kappa shape index (κ3) is 5.00. The van der Waals surface area contributed by atoms with E-state index in [1.54, 1.807) is 0 Å². The fourth-order valence-electron chi connectivity index (χ4n) is 2.24. The highest BCUT2D eigenvalue weighted by Gasteiger charge is 2.38. The van der Waals surface area contributed by atoms with E-state index in [4.69, 9.17) is 4.74 Å². The van der Waals surface area contributed by atoms with Gasteiger partial charge in [0.1, 0.15) is 0 Å². The summed E-state index contributed by atoms with van der Waals surface area (Å²) in [5.74, 6) is 0.0803. The van der Waals surface area contributed by atoms with Crippen molar-refractivity contribution in [1.82, 2.24) is 9.62 Å². The highest BCUT2D eigenvalue weighted by atomic mass is 32.2. The maximum atomic E-state index is 11.7. The van der Waals surface area contributed by atoms with Crippen LogP contribution in [0.4, 0.5) is 0 Å². The quantitative estimate of drug-likeness (QED) is 0.647. The summed E-state index contributed by atoms with van der Waals surface area (Å²) in [6.07, 6.45) is -0.552. The molecule has 7 heteroatoms. The molecule has 0 bridgehead atoms.